The molecule has 0 saturated heterocycles. The number of amides is 2. The average molecular weight is 297 g/mol. The number of aromatic amines is 1. The molecule has 20 heavy (non-hydrogen) atoms. The molecule has 0 fully saturated rings. The molecule has 0 atom stereocenters. The van der Waals surface area contributed by atoms with Gasteiger partial charge >= 0.3 is 6.03 Å². The summed E-state index contributed by atoms with van der Waals surface area (Å²) in [5, 5.41) is 10.7. The van der Waals surface area contributed by atoms with Crippen molar-refractivity contribution in [2.45, 2.75) is 0 Å². The van der Waals surface area contributed by atoms with Crippen LogP contribution in [-0.4, -0.2) is 21.2 Å². The first-order valence-corrected chi connectivity index (χ1v) is 5.74. The molecule has 0 aliphatic rings. The molecule has 2 aromatic rings. The number of anilines is 2. The first kappa shape index (κ1) is 13.9. The number of carbonyl (C=O) groups excluding carboxylic acids is 1. The molecule has 2 rings (SSSR count). The number of hydrogen-bond acceptors (Lipinski definition) is 3. The number of aromatic nitrogens is 2. The van der Waals surface area contributed by atoms with Gasteiger partial charge in [-0.05, 0) is 12.1 Å². The molecule has 2 amide bonds. The fourth-order valence-electron chi connectivity index (χ4n) is 1.43. The highest BCUT2D eigenvalue weighted by atomic mass is 32.1. The minimum Gasteiger partial charge on any atom is -0.389 e. The van der Waals surface area contributed by atoms with Crippen molar-refractivity contribution in [1.29, 1.82) is 0 Å². The van der Waals surface area contributed by atoms with E-state index in [0.717, 1.165) is 12.1 Å². The number of hydrogen-bond donors (Lipinski definition) is 4. The maximum atomic E-state index is 13.4. The highest BCUT2D eigenvalue weighted by molar-refractivity contribution is 7.80. The van der Waals surface area contributed by atoms with E-state index in [2.05, 4.69) is 20.8 Å². The largest absolute Gasteiger partial charge is 0.389 e. The summed E-state index contributed by atoms with van der Waals surface area (Å²) in [5.74, 6) is -1.45. The number of thiocarbonyl (C=S) groups is 1. The van der Waals surface area contributed by atoms with E-state index < -0.39 is 17.7 Å². The van der Waals surface area contributed by atoms with Gasteiger partial charge in [0.15, 0.2) is 0 Å². The van der Waals surface area contributed by atoms with Gasteiger partial charge in [-0.1, -0.05) is 12.2 Å². The number of nitrogens with zero attached hydrogens (tertiary/aromatic N) is 1. The van der Waals surface area contributed by atoms with Gasteiger partial charge in [-0.3, -0.25) is 10.4 Å². The summed E-state index contributed by atoms with van der Waals surface area (Å²) in [5.41, 5.74) is 5.60. The van der Waals surface area contributed by atoms with Crippen molar-refractivity contribution in [1.82, 2.24) is 10.2 Å². The number of carbonyl (C=O) groups is 1. The predicted octanol–water partition coefficient (Wildman–Crippen LogP) is 1.97. The van der Waals surface area contributed by atoms with Crippen LogP contribution in [0.2, 0.25) is 0 Å². The molecule has 1 aromatic heterocycles. The molecule has 104 valence electrons. The van der Waals surface area contributed by atoms with Crippen LogP contribution in [0.5, 0.6) is 0 Å². The van der Waals surface area contributed by atoms with Crippen LogP contribution in [0.25, 0.3) is 0 Å². The summed E-state index contributed by atoms with van der Waals surface area (Å²) >= 11 is 4.77. The minimum atomic E-state index is -0.890. The topological polar surface area (TPSA) is 95.8 Å². The standard InChI is InChI=1S/C11H9F2N5OS/c12-5-1-2-8(7(13)3-5)16-11(19)17-10-6(9(14)20)4-15-18-10/h1-4H,(H2,14,20)(H3,15,16,17,18,19). The van der Waals surface area contributed by atoms with E-state index >= 15 is 0 Å². The molecule has 5 N–H and O–H groups in total. The maximum absolute atomic E-state index is 13.4. The Bertz CT molecular complexity index is 673. The van der Waals surface area contributed by atoms with Gasteiger partial charge in [0.1, 0.15) is 22.4 Å². The molecule has 6 nitrogen and oxygen atoms in total. The summed E-state index contributed by atoms with van der Waals surface area (Å²) in [7, 11) is 0. The number of nitrogens with two attached hydrogens (primary N) is 1. The Balaban J connectivity index is 2.09. The quantitative estimate of drug-likeness (QED) is 0.651. The Morgan fingerprint density at radius 3 is 2.75 bits per heavy atom. The Kier molecular flexibility index (Phi) is 3.89. The number of halogens is 2. The van der Waals surface area contributed by atoms with Gasteiger partial charge in [-0.15, -0.1) is 0 Å². The number of nitrogens with one attached hydrogen (secondary N) is 3. The second-order valence-electron chi connectivity index (χ2n) is 3.73. The highest BCUT2D eigenvalue weighted by Crippen LogP contribution is 2.16. The SMILES string of the molecule is NC(=S)c1cn[nH]c1NC(=O)Nc1ccc(F)cc1F. The number of benzene rings is 1. The zero-order valence-corrected chi connectivity index (χ0v) is 10.7. The Labute approximate surface area is 117 Å². The van der Waals surface area contributed by atoms with Gasteiger partial charge in [-0.2, -0.15) is 5.10 Å². The zero-order chi connectivity index (χ0) is 14.7. The fraction of sp³-hybridized carbons (Fsp3) is 0. The second kappa shape index (κ2) is 5.61. The maximum Gasteiger partial charge on any atom is 0.324 e. The Morgan fingerprint density at radius 1 is 1.35 bits per heavy atom. The number of rotatable bonds is 3. The Hall–Kier alpha value is -2.55. The van der Waals surface area contributed by atoms with Gasteiger partial charge < -0.3 is 11.1 Å². The molecule has 0 aliphatic heterocycles. The van der Waals surface area contributed by atoms with Crippen LogP contribution in [-0.2, 0) is 0 Å². The van der Waals surface area contributed by atoms with Gasteiger partial charge in [0.2, 0.25) is 0 Å². The van der Waals surface area contributed by atoms with Gasteiger partial charge in [0, 0.05) is 6.07 Å². The molecule has 9 heteroatoms. The van der Waals surface area contributed by atoms with Crippen molar-refractivity contribution in [2.75, 3.05) is 10.6 Å². The van der Waals surface area contributed by atoms with Crippen molar-refractivity contribution >= 4 is 34.7 Å². The summed E-state index contributed by atoms with van der Waals surface area (Å²) in [6.45, 7) is 0. The zero-order valence-electron chi connectivity index (χ0n) is 9.91. The average Bonchev–Trinajstić information content (AvgIpc) is 2.81. The van der Waals surface area contributed by atoms with E-state index in [1.807, 2.05) is 0 Å². The first-order chi connectivity index (χ1) is 9.47. The molecule has 0 saturated carbocycles. The van der Waals surface area contributed by atoms with Crippen molar-refractivity contribution < 1.29 is 13.6 Å². The van der Waals surface area contributed by atoms with E-state index in [1.165, 1.54) is 6.20 Å². The molecule has 0 spiro atoms. The van der Waals surface area contributed by atoms with Crippen molar-refractivity contribution in [3.8, 4) is 0 Å². The normalized spacial score (nSPS) is 10.1. The Morgan fingerprint density at radius 2 is 2.10 bits per heavy atom. The monoisotopic (exact) mass is 297 g/mol. The summed E-state index contributed by atoms with van der Waals surface area (Å²) in [4.78, 5) is 11.7. The van der Waals surface area contributed by atoms with Crippen LogP contribution in [0.1, 0.15) is 5.56 Å². The third kappa shape index (κ3) is 3.06. The van der Waals surface area contributed by atoms with Crippen LogP contribution in [0.15, 0.2) is 24.4 Å². The van der Waals surface area contributed by atoms with E-state index in [4.69, 9.17) is 18.0 Å². The lowest BCUT2D eigenvalue weighted by Crippen LogP contribution is -2.22. The summed E-state index contributed by atoms with van der Waals surface area (Å²) in [6.07, 6.45) is 1.34. The van der Waals surface area contributed by atoms with Crippen LogP contribution in [0, 0.1) is 11.6 Å². The molecule has 0 unspecified atom stereocenters. The van der Waals surface area contributed by atoms with Crippen molar-refractivity contribution in [3.05, 3.63) is 41.6 Å². The smallest absolute Gasteiger partial charge is 0.324 e. The third-order valence-electron chi connectivity index (χ3n) is 2.32. The first-order valence-electron chi connectivity index (χ1n) is 5.33. The third-order valence-corrected chi connectivity index (χ3v) is 2.54. The molecular weight excluding hydrogens is 288 g/mol. The van der Waals surface area contributed by atoms with Gasteiger partial charge in [0.05, 0.1) is 17.4 Å². The van der Waals surface area contributed by atoms with Gasteiger partial charge in [-0.25, -0.2) is 13.6 Å². The predicted molar refractivity (Wildman–Crippen MR) is 73.5 cm³/mol. The molecular formula is C11H9F2N5OS. The second-order valence-corrected chi connectivity index (χ2v) is 4.17. The summed E-state index contributed by atoms with van der Waals surface area (Å²) < 4.78 is 26.1. The van der Waals surface area contributed by atoms with Crippen molar-refractivity contribution in [3.63, 3.8) is 0 Å². The van der Waals surface area contributed by atoms with E-state index in [0.29, 0.717) is 11.6 Å². The van der Waals surface area contributed by atoms with Crippen LogP contribution in [0.3, 0.4) is 0 Å². The molecule has 0 radical (unpaired) electrons. The molecule has 1 aromatic carbocycles. The number of urea groups is 1. The van der Waals surface area contributed by atoms with E-state index in [1.54, 1.807) is 0 Å². The summed E-state index contributed by atoms with van der Waals surface area (Å²) in [6, 6.07) is 2.03. The number of H-pyrrole nitrogens is 1. The lowest BCUT2D eigenvalue weighted by atomic mass is 10.3. The van der Waals surface area contributed by atoms with Gasteiger partial charge in [0.25, 0.3) is 0 Å². The van der Waals surface area contributed by atoms with Crippen molar-refractivity contribution in [2.24, 2.45) is 5.73 Å². The highest BCUT2D eigenvalue weighted by Gasteiger charge is 2.12. The molecule has 1 heterocycles. The lowest BCUT2D eigenvalue weighted by Gasteiger charge is -2.08. The van der Waals surface area contributed by atoms with Crippen LogP contribution in [0.4, 0.5) is 25.1 Å². The van der Waals surface area contributed by atoms with Crippen LogP contribution >= 0.6 is 12.2 Å². The van der Waals surface area contributed by atoms with E-state index in [9.17, 15) is 13.6 Å². The van der Waals surface area contributed by atoms with E-state index in [-0.39, 0.29) is 16.5 Å². The minimum absolute atomic E-state index is 0.0435. The lowest BCUT2D eigenvalue weighted by molar-refractivity contribution is 0.262. The van der Waals surface area contributed by atoms with Crippen LogP contribution < -0.4 is 16.4 Å². The molecule has 0 bridgehead atoms. The fourth-order valence-corrected chi connectivity index (χ4v) is 1.58. The molecule has 0 aliphatic carbocycles.